The largest absolute Gasteiger partial charge is 0.347 e. The molecule has 0 radical (unpaired) electrons. The lowest BCUT2D eigenvalue weighted by atomic mass is 9.98. The summed E-state index contributed by atoms with van der Waals surface area (Å²) in [6.07, 6.45) is 9.12. The highest BCUT2D eigenvalue weighted by Gasteiger charge is 2.50. The molecular formula is C17H22N4O4. The second-order valence-corrected chi connectivity index (χ2v) is 7.06. The Hall–Kier alpha value is -2.06. The van der Waals surface area contributed by atoms with E-state index in [1.807, 2.05) is 0 Å². The van der Waals surface area contributed by atoms with Crippen LogP contribution >= 0.6 is 0 Å². The maximum atomic E-state index is 12.8. The fraction of sp³-hybridized carbons (Fsp3) is 0.647. The molecule has 4 rings (SSSR count). The Balaban J connectivity index is 1.40. The molecule has 8 heteroatoms. The van der Waals surface area contributed by atoms with Gasteiger partial charge < -0.3 is 14.8 Å². The number of amides is 3. The molecule has 25 heavy (non-hydrogen) atoms. The van der Waals surface area contributed by atoms with Crippen LogP contribution in [0.2, 0.25) is 0 Å². The number of rotatable bonds is 4. The van der Waals surface area contributed by atoms with Crippen molar-refractivity contribution in [2.75, 3.05) is 13.2 Å². The molecule has 2 aliphatic heterocycles. The number of nitrogens with zero attached hydrogens (tertiary/aromatic N) is 3. The molecule has 1 aromatic heterocycles. The SMILES string of the molecule is CC1(c2cnccn2)NC(=O)N(CCC2COC3(CCCC3)O2)C1=O. The van der Waals surface area contributed by atoms with Crippen LogP contribution in [0, 0.1) is 0 Å². The second-order valence-electron chi connectivity index (χ2n) is 7.06. The van der Waals surface area contributed by atoms with E-state index >= 15 is 0 Å². The molecule has 0 aromatic carbocycles. The van der Waals surface area contributed by atoms with Crippen molar-refractivity contribution < 1.29 is 19.1 Å². The van der Waals surface area contributed by atoms with E-state index < -0.39 is 17.4 Å². The Bertz CT molecular complexity index is 676. The normalized spacial score (nSPS) is 31.1. The summed E-state index contributed by atoms with van der Waals surface area (Å²) in [7, 11) is 0. The van der Waals surface area contributed by atoms with Gasteiger partial charge in [-0.15, -0.1) is 0 Å². The minimum atomic E-state index is -1.18. The molecule has 2 atom stereocenters. The molecular weight excluding hydrogens is 324 g/mol. The van der Waals surface area contributed by atoms with Crippen LogP contribution in [0.5, 0.6) is 0 Å². The molecule has 1 aromatic rings. The molecule has 3 fully saturated rings. The zero-order chi connectivity index (χ0) is 17.5. The summed E-state index contributed by atoms with van der Waals surface area (Å²) in [4.78, 5) is 34.5. The van der Waals surface area contributed by atoms with Crippen molar-refractivity contribution in [2.24, 2.45) is 0 Å². The van der Waals surface area contributed by atoms with Crippen molar-refractivity contribution in [3.63, 3.8) is 0 Å². The molecule has 134 valence electrons. The number of nitrogens with one attached hydrogen (secondary N) is 1. The van der Waals surface area contributed by atoms with E-state index in [9.17, 15) is 9.59 Å². The van der Waals surface area contributed by atoms with Crippen molar-refractivity contribution in [1.29, 1.82) is 0 Å². The average molecular weight is 346 g/mol. The summed E-state index contributed by atoms with van der Waals surface area (Å²) in [6, 6.07) is -0.410. The number of aromatic nitrogens is 2. The summed E-state index contributed by atoms with van der Waals surface area (Å²) in [5.74, 6) is -0.733. The standard InChI is InChI=1S/C17H22N4O4/c1-16(13-10-18-7-8-19-13)14(22)21(15(23)20-16)9-4-12-11-24-17(25-12)5-2-3-6-17/h7-8,10,12H,2-6,9,11H2,1H3,(H,20,23). The second kappa shape index (κ2) is 6.03. The Morgan fingerprint density at radius 1 is 1.32 bits per heavy atom. The molecule has 3 heterocycles. The molecule has 1 N–H and O–H groups in total. The minimum absolute atomic E-state index is 0.0814. The number of urea groups is 1. The van der Waals surface area contributed by atoms with E-state index in [0.717, 1.165) is 25.7 Å². The monoisotopic (exact) mass is 346 g/mol. The Morgan fingerprint density at radius 2 is 2.12 bits per heavy atom. The number of hydrogen-bond donors (Lipinski definition) is 1. The van der Waals surface area contributed by atoms with E-state index in [1.165, 1.54) is 23.5 Å². The first kappa shape index (κ1) is 16.4. The van der Waals surface area contributed by atoms with Crippen molar-refractivity contribution in [3.05, 3.63) is 24.3 Å². The number of hydrogen-bond acceptors (Lipinski definition) is 6. The molecule has 8 nitrogen and oxygen atoms in total. The van der Waals surface area contributed by atoms with Gasteiger partial charge in [-0.2, -0.15) is 0 Å². The van der Waals surface area contributed by atoms with Gasteiger partial charge in [0.1, 0.15) is 0 Å². The summed E-state index contributed by atoms with van der Waals surface area (Å²) in [5.41, 5.74) is -0.744. The highest BCUT2D eigenvalue weighted by molar-refractivity contribution is 6.06. The van der Waals surface area contributed by atoms with Crippen molar-refractivity contribution in [2.45, 2.75) is 56.5 Å². The maximum absolute atomic E-state index is 12.8. The minimum Gasteiger partial charge on any atom is -0.347 e. The van der Waals surface area contributed by atoms with E-state index in [1.54, 1.807) is 6.92 Å². The Kier molecular flexibility index (Phi) is 3.96. The van der Waals surface area contributed by atoms with Crippen LogP contribution < -0.4 is 5.32 Å². The van der Waals surface area contributed by atoms with Crippen molar-refractivity contribution >= 4 is 11.9 Å². The Labute approximate surface area is 145 Å². The highest BCUT2D eigenvalue weighted by Crippen LogP contribution is 2.40. The first-order valence-electron chi connectivity index (χ1n) is 8.75. The zero-order valence-electron chi connectivity index (χ0n) is 14.2. The predicted molar refractivity (Wildman–Crippen MR) is 86.3 cm³/mol. The number of carbonyl (C=O) groups excluding carboxylic acids is 2. The molecule has 1 spiro atoms. The van der Waals surface area contributed by atoms with Crippen LogP contribution in [-0.2, 0) is 19.8 Å². The number of ether oxygens (including phenoxy) is 2. The van der Waals surface area contributed by atoms with Crippen LogP contribution in [0.25, 0.3) is 0 Å². The fourth-order valence-corrected chi connectivity index (χ4v) is 3.84. The third-order valence-corrected chi connectivity index (χ3v) is 5.30. The summed E-state index contributed by atoms with van der Waals surface area (Å²) >= 11 is 0. The third-order valence-electron chi connectivity index (χ3n) is 5.30. The van der Waals surface area contributed by atoms with Gasteiger partial charge in [-0.25, -0.2) is 4.79 Å². The lowest BCUT2D eigenvalue weighted by Gasteiger charge is -2.23. The lowest BCUT2D eigenvalue weighted by molar-refractivity contribution is -0.162. The Morgan fingerprint density at radius 3 is 2.84 bits per heavy atom. The van der Waals surface area contributed by atoms with Gasteiger partial charge >= 0.3 is 6.03 Å². The number of imide groups is 1. The van der Waals surface area contributed by atoms with E-state index in [0.29, 0.717) is 25.3 Å². The van der Waals surface area contributed by atoms with E-state index in [-0.39, 0.29) is 12.0 Å². The molecule has 3 amide bonds. The third kappa shape index (κ3) is 2.79. The molecule has 2 unspecified atom stereocenters. The van der Waals surface area contributed by atoms with Crippen LogP contribution in [-0.4, -0.2) is 51.8 Å². The summed E-state index contributed by atoms with van der Waals surface area (Å²) in [5, 5.41) is 2.73. The van der Waals surface area contributed by atoms with E-state index in [2.05, 4.69) is 15.3 Å². The highest BCUT2D eigenvalue weighted by atomic mass is 16.7. The summed E-state index contributed by atoms with van der Waals surface area (Å²) < 4.78 is 11.9. The molecule has 0 bridgehead atoms. The van der Waals surface area contributed by atoms with Gasteiger partial charge in [0.15, 0.2) is 11.3 Å². The molecule has 1 aliphatic carbocycles. The summed E-state index contributed by atoms with van der Waals surface area (Å²) in [6.45, 7) is 2.47. The smallest absolute Gasteiger partial charge is 0.325 e. The van der Waals surface area contributed by atoms with Crippen LogP contribution in [0.1, 0.15) is 44.7 Å². The van der Waals surface area contributed by atoms with Gasteiger partial charge in [-0.3, -0.25) is 19.7 Å². The van der Waals surface area contributed by atoms with Gasteiger partial charge in [0.25, 0.3) is 5.91 Å². The van der Waals surface area contributed by atoms with Gasteiger partial charge in [0.05, 0.1) is 24.6 Å². The fourth-order valence-electron chi connectivity index (χ4n) is 3.84. The van der Waals surface area contributed by atoms with Crippen molar-refractivity contribution in [1.82, 2.24) is 20.2 Å². The lowest BCUT2D eigenvalue weighted by Crippen LogP contribution is -2.42. The van der Waals surface area contributed by atoms with E-state index in [4.69, 9.17) is 9.47 Å². The first-order valence-corrected chi connectivity index (χ1v) is 8.75. The number of carbonyl (C=O) groups is 2. The molecule has 3 aliphatic rings. The predicted octanol–water partition coefficient (Wildman–Crippen LogP) is 1.32. The zero-order valence-corrected chi connectivity index (χ0v) is 14.2. The quantitative estimate of drug-likeness (QED) is 0.827. The van der Waals surface area contributed by atoms with Crippen molar-refractivity contribution in [3.8, 4) is 0 Å². The topological polar surface area (TPSA) is 93.7 Å². The molecule has 2 saturated heterocycles. The first-order chi connectivity index (χ1) is 12.0. The van der Waals surface area contributed by atoms with Crippen LogP contribution in [0.4, 0.5) is 4.79 Å². The average Bonchev–Trinajstić information content (AvgIpc) is 3.30. The van der Waals surface area contributed by atoms with Gasteiger partial charge in [-0.1, -0.05) is 0 Å². The van der Waals surface area contributed by atoms with Gasteiger partial charge in [0, 0.05) is 31.8 Å². The van der Waals surface area contributed by atoms with Gasteiger partial charge in [0.2, 0.25) is 0 Å². The van der Waals surface area contributed by atoms with Crippen LogP contribution in [0.15, 0.2) is 18.6 Å². The molecule has 1 saturated carbocycles. The van der Waals surface area contributed by atoms with Crippen LogP contribution in [0.3, 0.4) is 0 Å². The van der Waals surface area contributed by atoms with Gasteiger partial charge in [-0.05, 0) is 26.2 Å². The maximum Gasteiger partial charge on any atom is 0.325 e.